The predicted octanol–water partition coefficient (Wildman–Crippen LogP) is 2.00. The molecular formula is C11H11ClN4O2S. The van der Waals surface area contributed by atoms with E-state index in [-0.39, 0.29) is 5.69 Å². The molecule has 0 aliphatic carbocycles. The molecule has 0 saturated carbocycles. The van der Waals surface area contributed by atoms with Gasteiger partial charge in [-0.15, -0.1) is 16.9 Å². The van der Waals surface area contributed by atoms with Gasteiger partial charge in [-0.2, -0.15) is 0 Å². The van der Waals surface area contributed by atoms with Gasteiger partial charge in [0.15, 0.2) is 5.69 Å². The monoisotopic (exact) mass is 298 g/mol. The summed E-state index contributed by atoms with van der Waals surface area (Å²) in [4.78, 5) is 11.6. The number of carbonyl (C=O) groups is 1. The van der Waals surface area contributed by atoms with Gasteiger partial charge in [0.1, 0.15) is 0 Å². The average molecular weight is 299 g/mol. The number of nitrogens with zero attached hydrogens (tertiary/aromatic N) is 3. The van der Waals surface area contributed by atoms with Crippen LogP contribution in [0.2, 0.25) is 5.02 Å². The molecule has 0 aliphatic rings. The second-order valence-electron chi connectivity index (χ2n) is 3.70. The maximum absolute atomic E-state index is 10.6. The van der Waals surface area contributed by atoms with Crippen molar-refractivity contribution in [3.8, 4) is 0 Å². The number of hydrogen-bond acceptors (Lipinski definition) is 5. The number of carboxylic acid groups (broad SMARTS) is 1. The van der Waals surface area contributed by atoms with Crippen LogP contribution in [0.4, 0.5) is 5.69 Å². The van der Waals surface area contributed by atoms with Gasteiger partial charge in [-0.1, -0.05) is 16.8 Å². The number of aromatic carboxylic acids is 1. The van der Waals surface area contributed by atoms with Gasteiger partial charge >= 0.3 is 5.97 Å². The molecule has 3 N–H and O–H groups in total. The van der Waals surface area contributed by atoms with E-state index in [0.29, 0.717) is 17.3 Å². The van der Waals surface area contributed by atoms with Gasteiger partial charge in [-0.25, -0.2) is 4.79 Å². The lowest BCUT2D eigenvalue weighted by Gasteiger charge is -2.03. The Labute approximate surface area is 118 Å². The van der Waals surface area contributed by atoms with Crippen LogP contribution in [0.15, 0.2) is 29.3 Å². The highest BCUT2D eigenvalue weighted by Crippen LogP contribution is 2.26. The summed E-state index contributed by atoms with van der Waals surface area (Å²) in [6.45, 7) is 0.562. The van der Waals surface area contributed by atoms with Gasteiger partial charge in [-0.3, -0.25) is 4.68 Å². The Kier molecular flexibility index (Phi) is 4.28. The Balaban J connectivity index is 1.88. The lowest BCUT2D eigenvalue weighted by Crippen LogP contribution is -2.01. The zero-order valence-corrected chi connectivity index (χ0v) is 11.4. The fraction of sp³-hybridized carbons (Fsp3) is 0.182. The molecule has 2 aromatic rings. The van der Waals surface area contributed by atoms with Crippen molar-refractivity contribution in [2.45, 2.75) is 11.4 Å². The molecular weight excluding hydrogens is 288 g/mol. The van der Waals surface area contributed by atoms with E-state index in [1.807, 2.05) is 6.07 Å². The number of benzene rings is 1. The van der Waals surface area contributed by atoms with Gasteiger partial charge in [0.2, 0.25) is 0 Å². The molecule has 0 aliphatic heterocycles. The van der Waals surface area contributed by atoms with Crippen LogP contribution < -0.4 is 5.73 Å². The van der Waals surface area contributed by atoms with Crippen molar-refractivity contribution in [1.29, 1.82) is 0 Å². The number of nitrogen functional groups attached to an aromatic ring is 1. The van der Waals surface area contributed by atoms with Crippen LogP contribution in [-0.2, 0) is 6.54 Å². The molecule has 2 rings (SSSR count). The molecule has 0 atom stereocenters. The zero-order valence-electron chi connectivity index (χ0n) is 9.78. The van der Waals surface area contributed by atoms with E-state index in [2.05, 4.69) is 10.3 Å². The summed E-state index contributed by atoms with van der Waals surface area (Å²) in [6, 6.07) is 5.43. The number of anilines is 1. The first kappa shape index (κ1) is 13.7. The van der Waals surface area contributed by atoms with Gasteiger partial charge in [0, 0.05) is 10.6 Å². The molecule has 1 aromatic carbocycles. The Hall–Kier alpha value is -1.73. The van der Waals surface area contributed by atoms with Crippen LogP contribution in [0, 0.1) is 0 Å². The first-order chi connectivity index (χ1) is 9.06. The molecule has 0 spiro atoms. The number of carboxylic acids is 1. The maximum Gasteiger partial charge on any atom is 0.358 e. The highest BCUT2D eigenvalue weighted by atomic mass is 35.5. The molecule has 0 bridgehead atoms. The third kappa shape index (κ3) is 3.62. The molecule has 0 amide bonds. The van der Waals surface area contributed by atoms with E-state index in [1.54, 1.807) is 23.9 Å². The van der Waals surface area contributed by atoms with Crippen molar-refractivity contribution in [2.24, 2.45) is 0 Å². The third-order valence-electron chi connectivity index (χ3n) is 2.32. The molecule has 0 unspecified atom stereocenters. The van der Waals surface area contributed by atoms with Crippen LogP contribution in [0.25, 0.3) is 0 Å². The molecule has 0 radical (unpaired) electrons. The number of aromatic nitrogens is 3. The molecule has 19 heavy (non-hydrogen) atoms. The molecule has 1 aromatic heterocycles. The Morgan fingerprint density at radius 3 is 2.95 bits per heavy atom. The lowest BCUT2D eigenvalue weighted by molar-refractivity contribution is 0.0690. The standard InChI is InChI=1S/C11H11ClN4O2S/c12-8-5-7(1-2-9(8)13)19-4-3-16-6-10(11(17)18)14-15-16/h1-2,5-6H,3-4,13H2,(H,17,18). The first-order valence-electron chi connectivity index (χ1n) is 5.37. The first-order valence-corrected chi connectivity index (χ1v) is 6.74. The highest BCUT2D eigenvalue weighted by Gasteiger charge is 2.07. The van der Waals surface area contributed by atoms with Crippen molar-refractivity contribution < 1.29 is 9.90 Å². The van der Waals surface area contributed by atoms with Crippen molar-refractivity contribution in [3.63, 3.8) is 0 Å². The Morgan fingerprint density at radius 1 is 1.53 bits per heavy atom. The normalized spacial score (nSPS) is 10.6. The zero-order chi connectivity index (χ0) is 13.8. The highest BCUT2D eigenvalue weighted by molar-refractivity contribution is 7.99. The van der Waals surface area contributed by atoms with Crippen molar-refractivity contribution in [1.82, 2.24) is 15.0 Å². The second kappa shape index (κ2) is 5.94. The summed E-state index contributed by atoms with van der Waals surface area (Å²) in [5.41, 5.74) is 6.11. The van der Waals surface area contributed by atoms with Gasteiger partial charge < -0.3 is 10.8 Å². The molecule has 8 heteroatoms. The minimum Gasteiger partial charge on any atom is -0.476 e. The molecule has 0 saturated heterocycles. The third-order valence-corrected chi connectivity index (χ3v) is 3.62. The number of thioether (sulfide) groups is 1. The molecule has 1 heterocycles. The fourth-order valence-corrected chi connectivity index (χ4v) is 2.49. The summed E-state index contributed by atoms with van der Waals surface area (Å²) in [7, 11) is 0. The Morgan fingerprint density at radius 2 is 2.32 bits per heavy atom. The SMILES string of the molecule is Nc1ccc(SCCn2cc(C(=O)O)nn2)cc1Cl. The fourth-order valence-electron chi connectivity index (χ4n) is 1.36. The van der Waals surface area contributed by atoms with Crippen LogP contribution in [0.3, 0.4) is 0 Å². The van der Waals surface area contributed by atoms with Crippen molar-refractivity contribution in [2.75, 3.05) is 11.5 Å². The maximum atomic E-state index is 10.6. The number of nitrogens with two attached hydrogens (primary N) is 1. The summed E-state index contributed by atoms with van der Waals surface area (Å²) in [5.74, 6) is -0.355. The number of hydrogen-bond donors (Lipinski definition) is 2. The van der Waals surface area contributed by atoms with Gasteiger partial charge in [-0.05, 0) is 18.2 Å². The minimum absolute atomic E-state index is 0.0551. The minimum atomic E-state index is -1.08. The Bertz CT molecular complexity index is 602. The topological polar surface area (TPSA) is 94.0 Å². The second-order valence-corrected chi connectivity index (χ2v) is 5.28. The number of halogens is 1. The summed E-state index contributed by atoms with van der Waals surface area (Å²) >= 11 is 7.50. The summed E-state index contributed by atoms with van der Waals surface area (Å²) < 4.78 is 1.50. The predicted molar refractivity (Wildman–Crippen MR) is 73.6 cm³/mol. The number of rotatable bonds is 5. The van der Waals surface area contributed by atoms with Crippen molar-refractivity contribution in [3.05, 3.63) is 35.1 Å². The molecule has 6 nitrogen and oxygen atoms in total. The van der Waals surface area contributed by atoms with Crippen LogP contribution >= 0.6 is 23.4 Å². The van der Waals surface area contributed by atoms with Crippen LogP contribution in [0.1, 0.15) is 10.5 Å². The molecule has 0 fully saturated rings. The quantitative estimate of drug-likeness (QED) is 0.648. The molecule has 100 valence electrons. The number of aryl methyl sites for hydroxylation is 1. The lowest BCUT2D eigenvalue weighted by atomic mass is 10.3. The van der Waals surface area contributed by atoms with Gasteiger partial charge in [0.25, 0.3) is 0 Å². The van der Waals surface area contributed by atoms with Crippen LogP contribution in [-0.4, -0.2) is 31.8 Å². The van der Waals surface area contributed by atoms with E-state index >= 15 is 0 Å². The summed E-state index contributed by atoms with van der Waals surface area (Å²) in [6.07, 6.45) is 1.40. The largest absolute Gasteiger partial charge is 0.476 e. The van der Waals surface area contributed by atoms with Gasteiger partial charge in [0.05, 0.1) is 23.5 Å². The summed E-state index contributed by atoms with van der Waals surface area (Å²) in [5, 5.41) is 16.5. The van der Waals surface area contributed by atoms with Crippen LogP contribution in [0.5, 0.6) is 0 Å². The van der Waals surface area contributed by atoms with E-state index in [0.717, 1.165) is 10.6 Å². The average Bonchev–Trinajstić information content (AvgIpc) is 2.83. The van der Waals surface area contributed by atoms with E-state index in [1.165, 1.54) is 10.9 Å². The van der Waals surface area contributed by atoms with E-state index < -0.39 is 5.97 Å². The smallest absolute Gasteiger partial charge is 0.358 e. The van der Waals surface area contributed by atoms with E-state index in [4.69, 9.17) is 22.4 Å². The van der Waals surface area contributed by atoms with Crippen molar-refractivity contribution >= 4 is 35.0 Å². The van der Waals surface area contributed by atoms with E-state index in [9.17, 15) is 4.79 Å².